The number of ether oxygens (including phenoxy) is 4. The Bertz CT molecular complexity index is 153. The van der Waals surface area contributed by atoms with Gasteiger partial charge >= 0.3 is 6.09 Å². The monoisotopic (exact) mass is 221 g/mol. The minimum atomic E-state index is -0.449. The van der Waals surface area contributed by atoms with Crippen LogP contribution >= 0.6 is 0 Å². The van der Waals surface area contributed by atoms with Gasteiger partial charge in [-0.1, -0.05) is 0 Å². The lowest BCUT2D eigenvalue weighted by Gasteiger charge is -2.06. The highest BCUT2D eigenvalue weighted by atomic mass is 16.6. The topological polar surface area (TPSA) is 66.0 Å². The highest BCUT2D eigenvalue weighted by Gasteiger charge is 1.96. The van der Waals surface area contributed by atoms with Crippen molar-refractivity contribution in [1.29, 1.82) is 0 Å². The molecule has 0 aromatic carbocycles. The van der Waals surface area contributed by atoms with Crippen molar-refractivity contribution in [3.63, 3.8) is 0 Å². The molecular formula is C9H19NO5. The maximum atomic E-state index is 10.6. The third-order valence-corrected chi connectivity index (χ3v) is 1.47. The first kappa shape index (κ1) is 14.2. The van der Waals surface area contributed by atoms with Crippen molar-refractivity contribution < 1.29 is 23.7 Å². The van der Waals surface area contributed by atoms with Crippen molar-refractivity contribution in [2.45, 2.75) is 0 Å². The number of rotatable bonds is 9. The number of carbonyl (C=O) groups excluding carboxylic acids is 1. The molecule has 0 radical (unpaired) electrons. The van der Waals surface area contributed by atoms with Gasteiger partial charge in [-0.2, -0.15) is 0 Å². The van der Waals surface area contributed by atoms with Crippen LogP contribution in [-0.2, 0) is 18.9 Å². The maximum absolute atomic E-state index is 10.6. The summed E-state index contributed by atoms with van der Waals surface area (Å²) in [5.74, 6) is 0. The van der Waals surface area contributed by atoms with E-state index in [0.29, 0.717) is 33.0 Å². The minimum Gasteiger partial charge on any atom is -0.447 e. The number of amides is 1. The van der Waals surface area contributed by atoms with E-state index in [1.54, 1.807) is 7.11 Å². The number of hydrogen-bond donors (Lipinski definition) is 1. The lowest BCUT2D eigenvalue weighted by atomic mass is 10.7. The molecule has 0 aromatic heterocycles. The van der Waals surface area contributed by atoms with Gasteiger partial charge < -0.3 is 24.3 Å². The SMILES string of the molecule is CNC(=O)OCCOCCOCCOC. The molecule has 0 spiro atoms. The summed E-state index contributed by atoms with van der Waals surface area (Å²) in [4.78, 5) is 10.6. The Morgan fingerprint density at radius 3 is 2.07 bits per heavy atom. The molecule has 90 valence electrons. The van der Waals surface area contributed by atoms with Crippen LogP contribution in [0.3, 0.4) is 0 Å². The second-order valence-electron chi connectivity index (χ2n) is 2.60. The Balaban J connectivity index is 2.95. The molecule has 0 aromatic rings. The first-order chi connectivity index (χ1) is 7.31. The molecule has 15 heavy (non-hydrogen) atoms. The van der Waals surface area contributed by atoms with Crippen molar-refractivity contribution in [1.82, 2.24) is 5.32 Å². The van der Waals surface area contributed by atoms with Crippen molar-refractivity contribution in [2.24, 2.45) is 0 Å². The van der Waals surface area contributed by atoms with E-state index < -0.39 is 6.09 Å². The molecule has 0 saturated heterocycles. The van der Waals surface area contributed by atoms with Gasteiger partial charge in [0.05, 0.1) is 33.0 Å². The highest BCUT2D eigenvalue weighted by Crippen LogP contribution is 1.82. The third kappa shape index (κ3) is 11.1. The van der Waals surface area contributed by atoms with Crippen molar-refractivity contribution in [3.05, 3.63) is 0 Å². The Labute approximate surface area is 89.8 Å². The smallest absolute Gasteiger partial charge is 0.406 e. The summed E-state index contributed by atoms with van der Waals surface area (Å²) in [6.07, 6.45) is -0.449. The number of methoxy groups -OCH3 is 1. The second-order valence-corrected chi connectivity index (χ2v) is 2.60. The summed E-state index contributed by atoms with van der Waals surface area (Å²) < 4.78 is 19.8. The Morgan fingerprint density at radius 1 is 1.00 bits per heavy atom. The number of carbonyl (C=O) groups is 1. The molecule has 0 bridgehead atoms. The molecule has 6 heteroatoms. The fourth-order valence-electron chi connectivity index (χ4n) is 0.730. The van der Waals surface area contributed by atoms with E-state index in [0.717, 1.165) is 0 Å². The molecule has 1 N–H and O–H groups in total. The third-order valence-electron chi connectivity index (χ3n) is 1.47. The van der Waals surface area contributed by atoms with E-state index in [2.05, 4.69) is 5.32 Å². The predicted molar refractivity (Wildman–Crippen MR) is 53.9 cm³/mol. The molecule has 6 nitrogen and oxygen atoms in total. The molecule has 0 atom stereocenters. The van der Waals surface area contributed by atoms with Crippen LogP contribution in [-0.4, -0.2) is 59.9 Å². The normalized spacial score (nSPS) is 10.0. The number of hydrogen-bond acceptors (Lipinski definition) is 5. The predicted octanol–water partition coefficient (Wildman–Crippen LogP) is 0.0220. The van der Waals surface area contributed by atoms with Crippen LogP contribution in [0, 0.1) is 0 Å². The summed E-state index contributed by atoms with van der Waals surface area (Å²) in [7, 11) is 3.13. The van der Waals surface area contributed by atoms with Gasteiger partial charge in [0.25, 0.3) is 0 Å². The zero-order chi connectivity index (χ0) is 11.4. The van der Waals surface area contributed by atoms with E-state index in [1.165, 1.54) is 7.05 Å². The zero-order valence-electron chi connectivity index (χ0n) is 9.28. The van der Waals surface area contributed by atoms with Crippen LogP contribution in [0.4, 0.5) is 4.79 Å². The zero-order valence-corrected chi connectivity index (χ0v) is 9.28. The lowest BCUT2D eigenvalue weighted by Crippen LogP contribution is -2.21. The van der Waals surface area contributed by atoms with Crippen LogP contribution in [0.25, 0.3) is 0 Å². The number of alkyl carbamates (subject to hydrolysis) is 1. The number of nitrogens with one attached hydrogen (secondary N) is 1. The molecule has 0 saturated carbocycles. The van der Waals surface area contributed by atoms with Crippen LogP contribution in [0.15, 0.2) is 0 Å². The summed E-state index contributed by atoms with van der Waals surface area (Å²) >= 11 is 0. The van der Waals surface area contributed by atoms with Gasteiger partial charge in [0, 0.05) is 14.2 Å². The molecule has 0 fully saturated rings. The van der Waals surface area contributed by atoms with Gasteiger partial charge in [0.15, 0.2) is 0 Å². The molecule has 0 heterocycles. The average Bonchev–Trinajstić information content (AvgIpc) is 2.26. The van der Waals surface area contributed by atoms with Crippen molar-refractivity contribution in [2.75, 3.05) is 53.8 Å². The van der Waals surface area contributed by atoms with E-state index in [4.69, 9.17) is 18.9 Å². The summed E-state index contributed by atoms with van der Waals surface area (Å²) in [5.41, 5.74) is 0. The second kappa shape index (κ2) is 11.2. The summed E-state index contributed by atoms with van der Waals surface area (Å²) in [6, 6.07) is 0. The highest BCUT2D eigenvalue weighted by molar-refractivity contribution is 5.66. The van der Waals surface area contributed by atoms with Crippen LogP contribution in [0.1, 0.15) is 0 Å². The molecular weight excluding hydrogens is 202 g/mol. The van der Waals surface area contributed by atoms with Crippen LogP contribution < -0.4 is 5.32 Å². The van der Waals surface area contributed by atoms with Crippen molar-refractivity contribution >= 4 is 6.09 Å². The Morgan fingerprint density at radius 2 is 1.53 bits per heavy atom. The first-order valence-corrected chi connectivity index (χ1v) is 4.80. The molecule has 0 aliphatic carbocycles. The van der Waals surface area contributed by atoms with Gasteiger partial charge in [-0.3, -0.25) is 0 Å². The van der Waals surface area contributed by atoms with Gasteiger partial charge in [-0.05, 0) is 0 Å². The van der Waals surface area contributed by atoms with Crippen LogP contribution in [0.5, 0.6) is 0 Å². The fourth-order valence-corrected chi connectivity index (χ4v) is 0.730. The van der Waals surface area contributed by atoms with E-state index in [9.17, 15) is 4.79 Å². The summed E-state index contributed by atoms with van der Waals surface area (Å²) in [5, 5.41) is 2.33. The standard InChI is InChI=1S/C9H19NO5/c1-10-9(11)15-8-7-14-6-5-13-4-3-12-2/h3-8H2,1-2H3,(H,10,11). The maximum Gasteiger partial charge on any atom is 0.406 e. The molecule has 0 unspecified atom stereocenters. The average molecular weight is 221 g/mol. The van der Waals surface area contributed by atoms with Gasteiger partial charge in [0.2, 0.25) is 0 Å². The molecule has 0 rings (SSSR count). The quantitative estimate of drug-likeness (QED) is 0.556. The van der Waals surface area contributed by atoms with E-state index in [-0.39, 0.29) is 6.61 Å². The molecule has 1 amide bonds. The van der Waals surface area contributed by atoms with E-state index >= 15 is 0 Å². The van der Waals surface area contributed by atoms with E-state index in [1.807, 2.05) is 0 Å². The van der Waals surface area contributed by atoms with Gasteiger partial charge in [-0.15, -0.1) is 0 Å². The fraction of sp³-hybridized carbons (Fsp3) is 0.889. The summed E-state index contributed by atoms with van der Waals surface area (Å²) in [6.45, 7) is 2.78. The van der Waals surface area contributed by atoms with Gasteiger partial charge in [-0.25, -0.2) is 4.79 Å². The van der Waals surface area contributed by atoms with Crippen LogP contribution in [0.2, 0.25) is 0 Å². The largest absolute Gasteiger partial charge is 0.447 e. The molecule has 0 aliphatic rings. The lowest BCUT2D eigenvalue weighted by molar-refractivity contribution is 0.0132. The Hall–Kier alpha value is -0.850. The first-order valence-electron chi connectivity index (χ1n) is 4.80. The molecule has 0 aliphatic heterocycles. The Kier molecular flexibility index (Phi) is 10.6. The van der Waals surface area contributed by atoms with Gasteiger partial charge in [0.1, 0.15) is 6.61 Å². The van der Waals surface area contributed by atoms with Crippen molar-refractivity contribution in [3.8, 4) is 0 Å². The minimum absolute atomic E-state index is 0.248.